The molecule has 1 aromatic rings. The van der Waals surface area contributed by atoms with Crippen LogP contribution in [0.2, 0.25) is 0 Å². The molecule has 0 spiro atoms. The molecule has 0 atom stereocenters. The maximum Gasteiger partial charge on any atom is 0.145 e. The summed E-state index contributed by atoms with van der Waals surface area (Å²) in [6.07, 6.45) is 3.06. The van der Waals surface area contributed by atoms with Crippen molar-refractivity contribution in [3.8, 4) is 0 Å². The van der Waals surface area contributed by atoms with Gasteiger partial charge in [-0.05, 0) is 6.42 Å². The van der Waals surface area contributed by atoms with Gasteiger partial charge >= 0.3 is 0 Å². The van der Waals surface area contributed by atoms with Crippen LogP contribution in [0, 0.1) is 0 Å². The van der Waals surface area contributed by atoms with E-state index in [9.17, 15) is 5.11 Å². The number of nitrogens with one attached hydrogen (secondary N) is 1. The van der Waals surface area contributed by atoms with E-state index in [4.69, 9.17) is 10.6 Å². The highest BCUT2D eigenvalue weighted by atomic mass is 16.5. The van der Waals surface area contributed by atoms with Crippen LogP contribution in [-0.4, -0.2) is 47.5 Å². The number of ether oxygens (including phenoxy) is 1. The van der Waals surface area contributed by atoms with Gasteiger partial charge in [0, 0.05) is 52.1 Å². The lowest BCUT2D eigenvalue weighted by atomic mass is 9.94. The summed E-state index contributed by atoms with van der Waals surface area (Å²) in [5.74, 6) is 7.58. The number of hydrazine groups is 1. The molecular weight excluding hydrogens is 270 g/mol. The molecule has 4 N–H and O–H groups in total. The Kier molecular flexibility index (Phi) is 5.33. The average Bonchev–Trinajstić information content (AvgIpc) is 2.47. The summed E-state index contributed by atoms with van der Waals surface area (Å²) in [4.78, 5) is 10.8. The Labute approximate surface area is 125 Å². The molecule has 0 radical (unpaired) electrons. The first kappa shape index (κ1) is 15.9. The summed E-state index contributed by atoms with van der Waals surface area (Å²) in [6, 6.07) is 1.79. The number of hydrogen-bond acceptors (Lipinski definition) is 7. The third-order valence-electron chi connectivity index (χ3n) is 3.73. The van der Waals surface area contributed by atoms with Crippen molar-refractivity contribution >= 4 is 11.6 Å². The number of rotatable bonds is 6. The first-order valence-corrected chi connectivity index (χ1v) is 7.42. The summed E-state index contributed by atoms with van der Waals surface area (Å²) in [6.45, 7) is 3.80. The molecule has 0 aliphatic carbocycles. The topological polar surface area (TPSA) is 96.5 Å². The maximum absolute atomic E-state index is 10.6. The molecule has 0 saturated carbocycles. The minimum absolute atomic E-state index is 0.517. The zero-order chi connectivity index (χ0) is 15.3. The van der Waals surface area contributed by atoms with Crippen LogP contribution in [0.3, 0.4) is 0 Å². The standard InChI is InChI=1S/C14H25N5O2/c1-3-4-11-16-12(18-15)9-13(17-11)19(2)10-14(20)5-7-21-8-6-14/h9,20H,3-8,10,15H2,1-2H3,(H,16,17,18). The molecule has 2 heterocycles. The van der Waals surface area contributed by atoms with Crippen molar-refractivity contribution in [3.05, 3.63) is 11.9 Å². The zero-order valence-corrected chi connectivity index (χ0v) is 12.8. The second-order valence-corrected chi connectivity index (χ2v) is 5.61. The van der Waals surface area contributed by atoms with E-state index in [-0.39, 0.29) is 0 Å². The minimum atomic E-state index is -0.723. The first-order valence-electron chi connectivity index (χ1n) is 7.42. The van der Waals surface area contributed by atoms with Crippen LogP contribution in [0.5, 0.6) is 0 Å². The van der Waals surface area contributed by atoms with E-state index in [0.29, 0.717) is 38.4 Å². The smallest absolute Gasteiger partial charge is 0.145 e. The van der Waals surface area contributed by atoms with E-state index < -0.39 is 5.60 Å². The molecule has 0 bridgehead atoms. The summed E-state index contributed by atoms with van der Waals surface area (Å²) in [5.41, 5.74) is 1.85. The Hall–Kier alpha value is -1.44. The summed E-state index contributed by atoms with van der Waals surface area (Å²) >= 11 is 0. The van der Waals surface area contributed by atoms with Gasteiger partial charge in [0.1, 0.15) is 17.5 Å². The molecule has 118 valence electrons. The fourth-order valence-electron chi connectivity index (χ4n) is 2.52. The molecule has 0 amide bonds. The second kappa shape index (κ2) is 7.02. The van der Waals surface area contributed by atoms with Crippen molar-refractivity contribution < 1.29 is 9.84 Å². The van der Waals surface area contributed by atoms with E-state index in [1.54, 1.807) is 6.07 Å². The number of aryl methyl sites for hydroxylation is 1. The molecule has 1 saturated heterocycles. The van der Waals surface area contributed by atoms with Gasteiger partial charge < -0.3 is 20.2 Å². The van der Waals surface area contributed by atoms with E-state index in [2.05, 4.69) is 22.3 Å². The highest BCUT2D eigenvalue weighted by Gasteiger charge is 2.31. The average molecular weight is 295 g/mol. The lowest BCUT2D eigenvalue weighted by Gasteiger charge is -2.35. The molecule has 0 aromatic carbocycles. The molecule has 2 rings (SSSR count). The van der Waals surface area contributed by atoms with Crippen LogP contribution in [-0.2, 0) is 11.2 Å². The highest BCUT2D eigenvalue weighted by molar-refractivity contribution is 5.48. The Bertz CT molecular complexity index is 463. The molecule has 7 heteroatoms. The molecule has 1 aliphatic heterocycles. The van der Waals surface area contributed by atoms with Crippen LogP contribution in [0.25, 0.3) is 0 Å². The largest absolute Gasteiger partial charge is 0.388 e. The second-order valence-electron chi connectivity index (χ2n) is 5.61. The summed E-state index contributed by atoms with van der Waals surface area (Å²) in [5, 5.41) is 10.6. The van der Waals surface area contributed by atoms with Gasteiger partial charge in [-0.1, -0.05) is 6.92 Å². The Morgan fingerprint density at radius 2 is 2.14 bits per heavy atom. The highest BCUT2D eigenvalue weighted by Crippen LogP contribution is 2.24. The fourth-order valence-corrected chi connectivity index (χ4v) is 2.52. The monoisotopic (exact) mass is 295 g/mol. The van der Waals surface area contributed by atoms with Crippen molar-refractivity contribution in [2.24, 2.45) is 5.84 Å². The van der Waals surface area contributed by atoms with Gasteiger partial charge in [0.05, 0.1) is 5.60 Å². The van der Waals surface area contributed by atoms with E-state index in [1.165, 1.54) is 0 Å². The number of likely N-dealkylation sites (N-methyl/N-ethyl adjacent to an activating group) is 1. The predicted molar refractivity (Wildman–Crippen MR) is 82.1 cm³/mol. The maximum atomic E-state index is 10.6. The summed E-state index contributed by atoms with van der Waals surface area (Å²) in [7, 11) is 1.92. The van der Waals surface area contributed by atoms with Crippen LogP contribution in [0.4, 0.5) is 11.6 Å². The van der Waals surface area contributed by atoms with Gasteiger partial charge in [0.2, 0.25) is 0 Å². The van der Waals surface area contributed by atoms with Crippen LogP contribution in [0.1, 0.15) is 32.0 Å². The molecule has 7 nitrogen and oxygen atoms in total. The predicted octanol–water partition coefficient (Wildman–Crippen LogP) is 0.692. The molecule has 1 aliphatic rings. The molecule has 0 unspecified atom stereocenters. The fraction of sp³-hybridized carbons (Fsp3) is 0.714. The number of aliphatic hydroxyl groups is 1. The van der Waals surface area contributed by atoms with E-state index in [1.807, 2.05) is 11.9 Å². The zero-order valence-electron chi connectivity index (χ0n) is 12.8. The molecule has 21 heavy (non-hydrogen) atoms. The van der Waals surface area contributed by atoms with Gasteiger partial charge in [-0.3, -0.25) is 0 Å². The van der Waals surface area contributed by atoms with Crippen molar-refractivity contribution in [1.29, 1.82) is 0 Å². The van der Waals surface area contributed by atoms with Crippen molar-refractivity contribution in [2.75, 3.05) is 37.1 Å². The summed E-state index contributed by atoms with van der Waals surface area (Å²) < 4.78 is 5.31. The van der Waals surface area contributed by atoms with Crippen molar-refractivity contribution in [2.45, 2.75) is 38.2 Å². The van der Waals surface area contributed by atoms with E-state index in [0.717, 1.165) is 24.5 Å². The minimum Gasteiger partial charge on any atom is -0.388 e. The van der Waals surface area contributed by atoms with Crippen molar-refractivity contribution in [1.82, 2.24) is 9.97 Å². The Morgan fingerprint density at radius 1 is 1.43 bits per heavy atom. The lowest BCUT2D eigenvalue weighted by Crippen LogP contribution is -2.46. The van der Waals surface area contributed by atoms with Crippen LogP contribution in [0.15, 0.2) is 6.07 Å². The Morgan fingerprint density at radius 3 is 2.76 bits per heavy atom. The van der Waals surface area contributed by atoms with Gasteiger partial charge in [0.15, 0.2) is 0 Å². The van der Waals surface area contributed by atoms with Crippen LogP contribution < -0.4 is 16.2 Å². The lowest BCUT2D eigenvalue weighted by molar-refractivity contribution is -0.0573. The number of aromatic nitrogens is 2. The van der Waals surface area contributed by atoms with Gasteiger partial charge in [-0.15, -0.1) is 0 Å². The number of hydrogen-bond donors (Lipinski definition) is 3. The third-order valence-corrected chi connectivity index (χ3v) is 3.73. The van der Waals surface area contributed by atoms with Gasteiger partial charge in [-0.25, -0.2) is 15.8 Å². The van der Waals surface area contributed by atoms with Gasteiger partial charge in [0.25, 0.3) is 0 Å². The number of anilines is 2. The number of nitrogens with two attached hydrogens (primary N) is 1. The number of nitrogen functional groups attached to an aromatic ring is 1. The molecule has 1 aromatic heterocycles. The molecule has 1 fully saturated rings. The SMILES string of the molecule is CCCc1nc(NN)cc(N(C)CC2(O)CCOCC2)n1. The van der Waals surface area contributed by atoms with E-state index >= 15 is 0 Å². The molecular formula is C14H25N5O2. The Balaban J connectivity index is 2.13. The normalized spacial score (nSPS) is 17.5. The quantitative estimate of drug-likeness (QED) is 0.525. The van der Waals surface area contributed by atoms with Crippen molar-refractivity contribution in [3.63, 3.8) is 0 Å². The third kappa shape index (κ3) is 4.26. The van der Waals surface area contributed by atoms with Gasteiger partial charge in [-0.2, -0.15) is 0 Å². The number of nitrogens with zero attached hydrogens (tertiary/aromatic N) is 3. The van der Waals surface area contributed by atoms with Crippen LogP contribution >= 0.6 is 0 Å². The first-order chi connectivity index (χ1) is 10.1.